The zero-order chi connectivity index (χ0) is 20.6. The van der Waals surface area contributed by atoms with Gasteiger partial charge in [0.2, 0.25) is 21.8 Å². The second kappa shape index (κ2) is 10.2. The second-order valence-corrected chi connectivity index (χ2v) is 7.90. The number of pyridine rings is 1. The molecule has 0 bridgehead atoms. The Balaban J connectivity index is 1.92. The number of aromatic nitrogens is 1. The van der Waals surface area contributed by atoms with Crippen LogP contribution in [0.15, 0.2) is 41.4 Å². The highest BCUT2D eigenvalue weighted by Gasteiger charge is 2.17. The summed E-state index contributed by atoms with van der Waals surface area (Å²) in [5, 5.41) is 2.68. The number of nitrogens with zero attached hydrogens (tertiary/aromatic N) is 1. The molecule has 28 heavy (non-hydrogen) atoms. The number of benzene rings is 1. The molecule has 0 aliphatic rings. The van der Waals surface area contributed by atoms with Crippen LogP contribution >= 0.6 is 0 Å². The van der Waals surface area contributed by atoms with E-state index in [1.54, 1.807) is 44.5 Å². The van der Waals surface area contributed by atoms with Gasteiger partial charge in [0.1, 0.15) is 12.3 Å². The van der Waals surface area contributed by atoms with Crippen molar-refractivity contribution in [3.63, 3.8) is 0 Å². The summed E-state index contributed by atoms with van der Waals surface area (Å²) >= 11 is 0. The summed E-state index contributed by atoms with van der Waals surface area (Å²) in [6, 6.07) is 8.54. The van der Waals surface area contributed by atoms with Gasteiger partial charge in [0.15, 0.2) is 0 Å². The number of carbonyl (C=O) groups excluding carboxylic acids is 1. The highest BCUT2D eigenvalue weighted by molar-refractivity contribution is 7.89. The predicted molar refractivity (Wildman–Crippen MR) is 106 cm³/mol. The Morgan fingerprint density at radius 3 is 2.71 bits per heavy atom. The van der Waals surface area contributed by atoms with Gasteiger partial charge >= 0.3 is 0 Å². The highest BCUT2D eigenvalue weighted by atomic mass is 32.2. The van der Waals surface area contributed by atoms with E-state index in [2.05, 4.69) is 15.0 Å². The SMILES string of the molecule is COCCOc1ncccc1NC(=O)CCNS(=O)(=O)c1cc(C)ccc1C. The molecule has 1 amide bonds. The van der Waals surface area contributed by atoms with Crippen LogP contribution in [0.1, 0.15) is 17.5 Å². The molecule has 9 heteroatoms. The van der Waals surface area contributed by atoms with E-state index in [4.69, 9.17) is 9.47 Å². The summed E-state index contributed by atoms with van der Waals surface area (Å²) in [6.07, 6.45) is 1.52. The molecule has 1 aromatic heterocycles. The smallest absolute Gasteiger partial charge is 0.240 e. The number of hydrogen-bond acceptors (Lipinski definition) is 6. The maximum atomic E-state index is 12.5. The minimum absolute atomic E-state index is 0.0261. The zero-order valence-electron chi connectivity index (χ0n) is 16.2. The van der Waals surface area contributed by atoms with Crippen LogP contribution in [-0.4, -0.2) is 46.2 Å². The van der Waals surface area contributed by atoms with Gasteiger partial charge in [-0.25, -0.2) is 18.1 Å². The number of carbonyl (C=O) groups is 1. The van der Waals surface area contributed by atoms with E-state index < -0.39 is 10.0 Å². The Labute approximate surface area is 165 Å². The standard InChI is InChI=1S/C19H25N3O5S/c1-14-6-7-15(2)17(13-14)28(24,25)21-10-8-18(23)22-16-5-4-9-20-19(16)27-12-11-26-3/h4-7,9,13,21H,8,10-12H2,1-3H3,(H,22,23). The van der Waals surface area contributed by atoms with Crippen molar-refractivity contribution >= 4 is 21.6 Å². The first-order valence-electron chi connectivity index (χ1n) is 8.77. The van der Waals surface area contributed by atoms with Crippen molar-refractivity contribution in [2.24, 2.45) is 0 Å². The number of aryl methyl sites for hydroxylation is 2. The van der Waals surface area contributed by atoms with Gasteiger partial charge in [0, 0.05) is 26.3 Å². The van der Waals surface area contributed by atoms with Gasteiger partial charge < -0.3 is 14.8 Å². The van der Waals surface area contributed by atoms with Crippen LogP contribution in [0.3, 0.4) is 0 Å². The van der Waals surface area contributed by atoms with Crippen molar-refractivity contribution in [2.75, 3.05) is 32.2 Å². The maximum Gasteiger partial charge on any atom is 0.240 e. The molecule has 0 spiro atoms. The molecule has 0 saturated heterocycles. The van der Waals surface area contributed by atoms with Crippen molar-refractivity contribution in [2.45, 2.75) is 25.2 Å². The Morgan fingerprint density at radius 2 is 1.96 bits per heavy atom. The molecule has 0 unspecified atom stereocenters. The summed E-state index contributed by atoms with van der Waals surface area (Å²) in [6.45, 7) is 4.22. The third kappa shape index (κ3) is 6.29. The molecule has 1 aromatic carbocycles. The Hall–Kier alpha value is -2.49. The fraction of sp³-hybridized carbons (Fsp3) is 0.368. The van der Waals surface area contributed by atoms with Crippen LogP contribution in [0, 0.1) is 13.8 Å². The van der Waals surface area contributed by atoms with Crippen molar-refractivity contribution < 1.29 is 22.7 Å². The quantitative estimate of drug-likeness (QED) is 0.584. The molecule has 8 nitrogen and oxygen atoms in total. The number of ether oxygens (including phenoxy) is 2. The largest absolute Gasteiger partial charge is 0.474 e. The lowest BCUT2D eigenvalue weighted by Crippen LogP contribution is -2.28. The third-order valence-electron chi connectivity index (χ3n) is 3.85. The van der Waals surface area contributed by atoms with E-state index in [0.29, 0.717) is 24.5 Å². The number of amides is 1. The summed E-state index contributed by atoms with van der Waals surface area (Å²) in [5.41, 5.74) is 1.91. The van der Waals surface area contributed by atoms with Crippen LogP contribution in [0.2, 0.25) is 0 Å². The highest BCUT2D eigenvalue weighted by Crippen LogP contribution is 2.20. The molecule has 0 atom stereocenters. The monoisotopic (exact) mass is 407 g/mol. The van der Waals surface area contributed by atoms with Gasteiger partial charge in [-0.05, 0) is 43.2 Å². The summed E-state index contributed by atoms with van der Waals surface area (Å²) < 4.78 is 37.8. The van der Waals surface area contributed by atoms with E-state index in [9.17, 15) is 13.2 Å². The first kappa shape index (κ1) is 21.8. The van der Waals surface area contributed by atoms with E-state index in [1.807, 2.05) is 13.0 Å². The lowest BCUT2D eigenvalue weighted by molar-refractivity contribution is -0.116. The molecular weight excluding hydrogens is 382 g/mol. The van der Waals surface area contributed by atoms with Gasteiger partial charge in [-0.3, -0.25) is 4.79 Å². The number of hydrogen-bond donors (Lipinski definition) is 2. The average Bonchev–Trinajstić information content (AvgIpc) is 2.65. The van der Waals surface area contributed by atoms with Gasteiger partial charge in [-0.1, -0.05) is 12.1 Å². The van der Waals surface area contributed by atoms with Crippen LogP contribution in [0.5, 0.6) is 5.88 Å². The first-order valence-corrected chi connectivity index (χ1v) is 10.3. The Kier molecular flexibility index (Phi) is 7.91. The predicted octanol–water partition coefficient (Wildman–Crippen LogP) is 2.03. The van der Waals surface area contributed by atoms with E-state index in [1.165, 1.54) is 0 Å². The Bertz CT molecular complexity index is 916. The van der Waals surface area contributed by atoms with Crippen molar-refractivity contribution in [3.8, 4) is 5.88 Å². The summed E-state index contributed by atoms with van der Waals surface area (Å²) in [7, 11) is -2.13. The number of methoxy groups -OCH3 is 1. The molecule has 0 radical (unpaired) electrons. The van der Waals surface area contributed by atoms with Crippen LogP contribution < -0.4 is 14.8 Å². The molecule has 0 aliphatic carbocycles. The van der Waals surface area contributed by atoms with Gasteiger partial charge in [-0.2, -0.15) is 0 Å². The minimum Gasteiger partial charge on any atom is -0.474 e. The number of rotatable bonds is 10. The molecule has 2 aromatic rings. The Morgan fingerprint density at radius 1 is 1.18 bits per heavy atom. The topological polar surface area (TPSA) is 107 Å². The number of nitrogens with one attached hydrogen (secondary N) is 2. The first-order chi connectivity index (χ1) is 13.3. The molecule has 2 N–H and O–H groups in total. The van der Waals surface area contributed by atoms with Crippen molar-refractivity contribution in [3.05, 3.63) is 47.7 Å². The fourth-order valence-electron chi connectivity index (χ4n) is 2.41. The number of sulfonamides is 1. The molecule has 0 aliphatic heterocycles. The van der Waals surface area contributed by atoms with Gasteiger partial charge in [0.05, 0.1) is 11.5 Å². The fourth-order valence-corrected chi connectivity index (χ4v) is 3.77. The molecule has 2 rings (SSSR count). The molecule has 152 valence electrons. The van der Waals surface area contributed by atoms with E-state index in [-0.39, 0.29) is 29.6 Å². The summed E-state index contributed by atoms with van der Waals surface area (Å²) in [4.78, 5) is 16.5. The lowest BCUT2D eigenvalue weighted by atomic mass is 10.2. The zero-order valence-corrected chi connectivity index (χ0v) is 17.0. The normalized spacial score (nSPS) is 11.2. The van der Waals surface area contributed by atoms with Crippen LogP contribution in [-0.2, 0) is 19.6 Å². The van der Waals surface area contributed by atoms with E-state index >= 15 is 0 Å². The van der Waals surface area contributed by atoms with Gasteiger partial charge in [0.25, 0.3) is 0 Å². The molecule has 0 saturated carbocycles. The average molecular weight is 407 g/mol. The van der Waals surface area contributed by atoms with Crippen molar-refractivity contribution in [1.82, 2.24) is 9.71 Å². The minimum atomic E-state index is -3.69. The van der Waals surface area contributed by atoms with Crippen LogP contribution in [0.25, 0.3) is 0 Å². The lowest BCUT2D eigenvalue weighted by Gasteiger charge is -2.12. The second-order valence-electron chi connectivity index (χ2n) is 6.16. The van der Waals surface area contributed by atoms with Gasteiger partial charge in [-0.15, -0.1) is 0 Å². The summed E-state index contributed by atoms with van der Waals surface area (Å²) in [5.74, 6) is -0.0721. The molecular formula is C19H25N3O5S. The molecule has 1 heterocycles. The van der Waals surface area contributed by atoms with Crippen LogP contribution in [0.4, 0.5) is 5.69 Å². The van der Waals surface area contributed by atoms with Crippen molar-refractivity contribution in [1.29, 1.82) is 0 Å². The van der Waals surface area contributed by atoms with E-state index in [0.717, 1.165) is 5.56 Å². The maximum absolute atomic E-state index is 12.5. The molecule has 0 fully saturated rings. The number of anilines is 1. The third-order valence-corrected chi connectivity index (χ3v) is 5.45.